The third kappa shape index (κ3) is 4.04. The number of ether oxygens (including phenoxy) is 1. The number of hydrogen-bond acceptors (Lipinski definition) is 6. The van der Waals surface area contributed by atoms with Crippen LogP contribution in [0, 0.1) is 6.92 Å². The van der Waals surface area contributed by atoms with Crippen LogP contribution in [0.4, 0.5) is 11.8 Å². The lowest BCUT2D eigenvalue weighted by atomic mass is 10.2. The average molecular weight is 308 g/mol. The maximum atomic E-state index is 5.26. The standard InChI is InChI=1S/C15H24N4OS/c1-5-7-16-15-18-13(17-11(6-2)9-20-4)12-8-10(3)21-14(12)19-15/h8,11H,5-7,9H2,1-4H3,(H2,16,17,18,19). The zero-order valence-corrected chi connectivity index (χ0v) is 14.0. The highest BCUT2D eigenvalue weighted by Gasteiger charge is 2.13. The summed E-state index contributed by atoms with van der Waals surface area (Å²) in [6, 6.07) is 2.40. The van der Waals surface area contributed by atoms with Crippen molar-refractivity contribution in [3.05, 3.63) is 10.9 Å². The zero-order valence-electron chi connectivity index (χ0n) is 13.2. The molecule has 21 heavy (non-hydrogen) atoms. The van der Waals surface area contributed by atoms with Crippen molar-refractivity contribution in [2.24, 2.45) is 0 Å². The Kier molecular flexibility index (Phi) is 5.76. The molecule has 0 amide bonds. The molecule has 0 aromatic carbocycles. The normalized spacial score (nSPS) is 12.6. The van der Waals surface area contributed by atoms with E-state index in [2.05, 4.69) is 47.4 Å². The first kappa shape index (κ1) is 16.0. The van der Waals surface area contributed by atoms with Crippen LogP contribution in [-0.2, 0) is 4.74 Å². The molecule has 2 N–H and O–H groups in total. The van der Waals surface area contributed by atoms with Gasteiger partial charge in [-0.3, -0.25) is 0 Å². The van der Waals surface area contributed by atoms with Crippen molar-refractivity contribution in [3.8, 4) is 0 Å². The monoisotopic (exact) mass is 308 g/mol. The molecule has 116 valence electrons. The predicted octanol–water partition coefficient (Wildman–Crippen LogP) is 3.66. The number of aryl methyl sites for hydroxylation is 1. The van der Waals surface area contributed by atoms with Gasteiger partial charge in [0.05, 0.1) is 18.0 Å². The summed E-state index contributed by atoms with van der Waals surface area (Å²) in [5.41, 5.74) is 0. The highest BCUT2D eigenvalue weighted by molar-refractivity contribution is 7.18. The van der Waals surface area contributed by atoms with E-state index in [1.807, 2.05) is 0 Å². The number of thiophene rings is 1. The average Bonchev–Trinajstić information content (AvgIpc) is 2.85. The molecule has 0 saturated carbocycles. The van der Waals surface area contributed by atoms with Crippen LogP contribution in [0.5, 0.6) is 0 Å². The second-order valence-electron chi connectivity index (χ2n) is 5.10. The molecule has 0 aliphatic heterocycles. The molecule has 0 radical (unpaired) electrons. The van der Waals surface area contributed by atoms with Gasteiger partial charge in [-0.15, -0.1) is 11.3 Å². The molecule has 2 aromatic rings. The Bertz CT molecular complexity index is 584. The highest BCUT2D eigenvalue weighted by atomic mass is 32.1. The van der Waals surface area contributed by atoms with Crippen molar-refractivity contribution in [2.75, 3.05) is 30.9 Å². The van der Waals surface area contributed by atoms with Gasteiger partial charge in [-0.25, -0.2) is 4.98 Å². The van der Waals surface area contributed by atoms with Crippen molar-refractivity contribution in [1.82, 2.24) is 9.97 Å². The van der Waals surface area contributed by atoms with Gasteiger partial charge in [0.25, 0.3) is 0 Å². The van der Waals surface area contributed by atoms with Crippen molar-refractivity contribution < 1.29 is 4.74 Å². The number of methoxy groups -OCH3 is 1. The molecule has 0 aliphatic carbocycles. The maximum Gasteiger partial charge on any atom is 0.226 e. The molecule has 2 heterocycles. The SMILES string of the molecule is CCCNc1nc(NC(CC)COC)c2cc(C)sc2n1. The summed E-state index contributed by atoms with van der Waals surface area (Å²) in [5.74, 6) is 1.59. The molecule has 6 heteroatoms. The van der Waals surface area contributed by atoms with E-state index in [1.165, 1.54) is 4.88 Å². The minimum absolute atomic E-state index is 0.257. The van der Waals surface area contributed by atoms with E-state index in [-0.39, 0.29) is 6.04 Å². The lowest BCUT2D eigenvalue weighted by molar-refractivity contribution is 0.184. The second-order valence-corrected chi connectivity index (χ2v) is 6.34. The van der Waals surface area contributed by atoms with Crippen LogP contribution in [0.25, 0.3) is 10.2 Å². The Morgan fingerprint density at radius 1 is 1.33 bits per heavy atom. The van der Waals surface area contributed by atoms with Crippen molar-refractivity contribution in [2.45, 2.75) is 39.7 Å². The van der Waals surface area contributed by atoms with Gasteiger partial charge in [0, 0.05) is 18.5 Å². The van der Waals surface area contributed by atoms with Crippen molar-refractivity contribution in [1.29, 1.82) is 0 Å². The molecule has 0 aliphatic rings. The summed E-state index contributed by atoms with van der Waals surface area (Å²) in [4.78, 5) is 11.5. The summed E-state index contributed by atoms with van der Waals surface area (Å²) in [6.07, 6.45) is 2.04. The number of anilines is 2. The lowest BCUT2D eigenvalue weighted by Crippen LogP contribution is -2.24. The third-order valence-electron chi connectivity index (χ3n) is 3.25. The fourth-order valence-electron chi connectivity index (χ4n) is 2.12. The Morgan fingerprint density at radius 3 is 2.81 bits per heavy atom. The van der Waals surface area contributed by atoms with E-state index in [9.17, 15) is 0 Å². The molecular formula is C15H24N4OS. The molecule has 5 nitrogen and oxygen atoms in total. The molecule has 1 atom stereocenters. The number of rotatable bonds is 8. The lowest BCUT2D eigenvalue weighted by Gasteiger charge is -2.17. The second kappa shape index (κ2) is 7.56. The molecule has 1 unspecified atom stereocenters. The van der Waals surface area contributed by atoms with Crippen LogP contribution in [-0.4, -0.2) is 36.3 Å². The van der Waals surface area contributed by atoms with Crippen LogP contribution in [0.1, 0.15) is 31.6 Å². The Morgan fingerprint density at radius 2 is 2.14 bits per heavy atom. The fourth-order valence-corrected chi connectivity index (χ4v) is 3.00. The van der Waals surface area contributed by atoms with E-state index < -0.39 is 0 Å². The zero-order chi connectivity index (χ0) is 15.2. The van der Waals surface area contributed by atoms with Crippen LogP contribution in [0.2, 0.25) is 0 Å². The topological polar surface area (TPSA) is 59.1 Å². The summed E-state index contributed by atoms with van der Waals surface area (Å²) in [5, 5.41) is 7.86. The third-order valence-corrected chi connectivity index (χ3v) is 4.19. The molecule has 0 fully saturated rings. The smallest absolute Gasteiger partial charge is 0.226 e. The fraction of sp³-hybridized carbons (Fsp3) is 0.600. The highest BCUT2D eigenvalue weighted by Crippen LogP contribution is 2.30. The van der Waals surface area contributed by atoms with Gasteiger partial charge in [0.15, 0.2) is 0 Å². The quantitative estimate of drug-likeness (QED) is 0.779. The van der Waals surface area contributed by atoms with Gasteiger partial charge < -0.3 is 15.4 Å². The molecule has 0 saturated heterocycles. The number of nitrogens with zero attached hydrogens (tertiary/aromatic N) is 2. The van der Waals surface area contributed by atoms with Crippen LogP contribution in [0.15, 0.2) is 6.07 Å². The van der Waals surface area contributed by atoms with Gasteiger partial charge in [0.1, 0.15) is 10.6 Å². The molecular weight excluding hydrogens is 284 g/mol. The number of nitrogens with one attached hydrogen (secondary N) is 2. The van der Waals surface area contributed by atoms with Crippen molar-refractivity contribution in [3.63, 3.8) is 0 Å². The summed E-state index contributed by atoms with van der Waals surface area (Å²) >= 11 is 1.70. The summed E-state index contributed by atoms with van der Waals surface area (Å²) < 4.78 is 5.26. The summed E-state index contributed by atoms with van der Waals surface area (Å²) in [6.45, 7) is 7.92. The van der Waals surface area contributed by atoms with Gasteiger partial charge in [0.2, 0.25) is 5.95 Å². The Balaban J connectivity index is 2.33. The first-order valence-electron chi connectivity index (χ1n) is 7.45. The number of hydrogen-bond donors (Lipinski definition) is 2. The van der Waals surface area contributed by atoms with E-state index >= 15 is 0 Å². The molecule has 2 aromatic heterocycles. The van der Waals surface area contributed by atoms with Gasteiger partial charge in [-0.2, -0.15) is 4.98 Å². The van der Waals surface area contributed by atoms with Gasteiger partial charge >= 0.3 is 0 Å². The van der Waals surface area contributed by atoms with E-state index in [0.29, 0.717) is 12.6 Å². The van der Waals surface area contributed by atoms with E-state index in [0.717, 1.165) is 35.4 Å². The van der Waals surface area contributed by atoms with Crippen molar-refractivity contribution >= 4 is 33.3 Å². The Labute approximate surface area is 130 Å². The summed E-state index contributed by atoms with van der Waals surface area (Å²) in [7, 11) is 1.73. The molecule has 0 bridgehead atoms. The maximum absolute atomic E-state index is 5.26. The van der Waals surface area contributed by atoms with E-state index in [4.69, 9.17) is 4.74 Å². The predicted molar refractivity (Wildman–Crippen MR) is 90.5 cm³/mol. The van der Waals surface area contributed by atoms with E-state index in [1.54, 1.807) is 18.4 Å². The van der Waals surface area contributed by atoms with Crippen LogP contribution < -0.4 is 10.6 Å². The number of fused-ring (bicyclic) bond motifs is 1. The Hall–Kier alpha value is -1.40. The molecule has 0 spiro atoms. The minimum atomic E-state index is 0.257. The van der Waals surface area contributed by atoms with Crippen LogP contribution in [0.3, 0.4) is 0 Å². The van der Waals surface area contributed by atoms with Gasteiger partial charge in [-0.1, -0.05) is 13.8 Å². The van der Waals surface area contributed by atoms with Crippen LogP contribution >= 0.6 is 11.3 Å². The largest absolute Gasteiger partial charge is 0.383 e. The number of aromatic nitrogens is 2. The molecule has 2 rings (SSSR count). The first-order chi connectivity index (χ1) is 10.2. The first-order valence-corrected chi connectivity index (χ1v) is 8.27. The van der Waals surface area contributed by atoms with Gasteiger partial charge in [-0.05, 0) is 25.8 Å². The minimum Gasteiger partial charge on any atom is -0.383 e.